The second-order valence-corrected chi connectivity index (χ2v) is 4.27. The molecule has 0 aliphatic carbocycles. The van der Waals surface area contributed by atoms with E-state index in [1.54, 1.807) is 0 Å². The van der Waals surface area contributed by atoms with E-state index in [1.165, 1.54) is 5.06 Å². The smallest absolute Gasteiger partial charge is 0.00000564 e. The van der Waals surface area contributed by atoms with Crippen LogP contribution in [0.25, 0.3) is 0 Å². The maximum Gasteiger partial charge on any atom is 0.00000564 e. The Labute approximate surface area is 75.5 Å². The van der Waals surface area contributed by atoms with Crippen LogP contribution in [0.1, 0.15) is 34.1 Å². The molecule has 4 unspecified atom stereocenters. The molecule has 12 heavy (non-hydrogen) atoms. The molecule has 4 atom stereocenters. The highest BCUT2D eigenvalue weighted by Crippen LogP contribution is 2.33. The van der Waals surface area contributed by atoms with E-state index in [0.717, 1.165) is 13.0 Å². The second kappa shape index (κ2) is 3.75. The van der Waals surface area contributed by atoms with Gasteiger partial charge in [0.25, 0.3) is 0 Å². The van der Waals surface area contributed by atoms with Gasteiger partial charge in [-0.2, -0.15) is 0 Å². The molecule has 0 radical (unpaired) electrons. The molecule has 72 valence electrons. The largest absolute Gasteiger partial charge is 0.785 e. The first-order valence-corrected chi connectivity index (χ1v) is 5.01. The van der Waals surface area contributed by atoms with Crippen molar-refractivity contribution in [1.82, 2.24) is 5.06 Å². The zero-order chi connectivity index (χ0) is 9.30. The Morgan fingerprint density at radius 3 is 2.33 bits per heavy atom. The lowest BCUT2D eigenvalue weighted by Crippen LogP contribution is -2.47. The first-order chi connectivity index (χ1) is 5.57. The van der Waals surface area contributed by atoms with Crippen molar-refractivity contribution in [2.45, 2.75) is 40.2 Å². The van der Waals surface area contributed by atoms with Crippen molar-refractivity contribution in [2.75, 3.05) is 6.54 Å². The van der Waals surface area contributed by atoms with Crippen LogP contribution in [0.15, 0.2) is 0 Å². The average molecular weight is 170 g/mol. The summed E-state index contributed by atoms with van der Waals surface area (Å²) in [6.07, 6.45) is 0.988. The molecule has 0 spiro atoms. The Bertz CT molecular complexity index is 149. The molecule has 1 heterocycles. The van der Waals surface area contributed by atoms with Crippen LogP contribution in [0.2, 0.25) is 0 Å². The molecule has 0 saturated carbocycles. The standard InChI is InChI=1S/C10H20NO/c1-5-10-9(4)8(3)7(2)6-11(10)12/h7-10H,5-6H2,1-4H3/q-1. The molecule has 1 saturated heterocycles. The predicted molar refractivity (Wildman–Crippen MR) is 51.6 cm³/mol. The van der Waals surface area contributed by atoms with Gasteiger partial charge >= 0.3 is 0 Å². The summed E-state index contributed by atoms with van der Waals surface area (Å²) in [4.78, 5) is 0. The van der Waals surface area contributed by atoms with Crippen molar-refractivity contribution in [3.05, 3.63) is 5.21 Å². The lowest BCUT2D eigenvalue weighted by Gasteiger charge is -2.50. The first kappa shape index (κ1) is 10.0. The molecule has 1 fully saturated rings. The topological polar surface area (TPSA) is 26.3 Å². The van der Waals surface area contributed by atoms with Crippen LogP contribution in [-0.2, 0) is 0 Å². The molecule has 0 amide bonds. The zero-order valence-electron chi connectivity index (χ0n) is 8.58. The molecule has 0 aromatic carbocycles. The summed E-state index contributed by atoms with van der Waals surface area (Å²) >= 11 is 0. The maximum absolute atomic E-state index is 11.5. The van der Waals surface area contributed by atoms with Crippen LogP contribution < -0.4 is 0 Å². The van der Waals surface area contributed by atoms with E-state index in [2.05, 4.69) is 27.7 Å². The van der Waals surface area contributed by atoms with Gasteiger partial charge in [-0.1, -0.05) is 27.7 Å². The highest BCUT2D eigenvalue weighted by Gasteiger charge is 2.31. The minimum Gasteiger partial charge on any atom is -0.785 e. The van der Waals surface area contributed by atoms with Crippen LogP contribution in [-0.4, -0.2) is 17.6 Å². The first-order valence-electron chi connectivity index (χ1n) is 5.01. The molecule has 0 aromatic heterocycles. The fourth-order valence-corrected chi connectivity index (χ4v) is 2.29. The molecular weight excluding hydrogens is 150 g/mol. The third kappa shape index (κ3) is 1.64. The lowest BCUT2D eigenvalue weighted by molar-refractivity contribution is 0.0588. The summed E-state index contributed by atoms with van der Waals surface area (Å²) in [6.45, 7) is 9.49. The Morgan fingerprint density at radius 2 is 1.83 bits per heavy atom. The minimum absolute atomic E-state index is 0.260. The number of hydrogen-bond donors (Lipinski definition) is 0. The average Bonchev–Trinajstić information content (AvgIpc) is 2.01. The summed E-state index contributed by atoms with van der Waals surface area (Å²) in [5.74, 6) is 1.80. The van der Waals surface area contributed by atoms with E-state index >= 15 is 0 Å². The molecule has 2 heteroatoms. The third-order valence-electron chi connectivity index (χ3n) is 3.59. The molecule has 0 aromatic rings. The van der Waals surface area contributed by atoms with Gasteiger partial charge in [-0.05, 0) is 30.7 Å². The van der Waals surface area contributed by atoms with Crippen molar-refractivity contribution < 1.29 is 0 Å². The normalized spacial score (nSPS) is 44.8. The molecule has 1 aliphatic heterocycles. The number of hydrogen-bond acceptors (Lipinski definition) is 2. The van der Waals surface area contributed by atoms with E-state index in [1.807, 2.05) is 0 Å². The number of rotatable bonds is 1. The zero-order valence-corrected chi connectivity index (χ0v) is 8.58. The van der Waals surface area contributed by atoms with E-state index in [0.29, 0.717) is 17.8 Å². The van der Waals surface area contributed by atoms with Crippen LogP contribution in [0.3, 0.4) is 0 Å². The van der Waals surface area contributed by atoms with Gasteiger partial charge in [0.15, 0.2) is 0 Å². The van der Waals surface area contributed by atoms with Gasteiger partial charge in [0.05, 0.1) is 0 Å². The van der Waals surface area contributed by atoms with E-state index < -0.39 is 0 Å². The van der Waals surface area contributed by atoms with Gasteiger partial charge < -0.3 is 10.3 Å². The van der Waals surface area contributed by atoms with Crippen LogP contribution >= 0.6 is 0 Å². The van der Waals surface area contributed by atoms with Crippen molar-refractivity contribution in [2.24, 2.45) is 17.8 Å². The summed E-state index contributed by atoms with van der Waals surface area (Å²) < 4.78 is 0. The predicted octanol–water partition coefficient (Wildman–Crippen LogP) is 2.49. The summed E-state index contributed by atoms with van der Waals surface area (Å²) in [5.41, 5.74) is 0. The van der Waals surface area contributed by atoms with Gasteiger partial charge in [0.2, 0.25) is 0 Å². The molecular formula is C10H20NO-. The van der Waals surface area contributed by atoms with Crippen molar-refractivity contribution >= 4 is 0 Å². The highest BCUT2D eigenvalue weighted by molar-refractivity contribution is 4.88. The van der Waals surface area contributed by atoms with Gasteiger partial charge in [-0.15, -0.1) is 0 Å². The molecule has 1 rings (SSSR count). The highest BCUT2D eigenvalue weighted by atomic mass is 16.5. The van der Waals surface area contributed by atoms with Crippen LogP contribution in [0.4, 0.5) is 0 Å². The van der Waals surface area contributed by atoms with Gasteiger partial charge in [-0.25, -0.2) is 0 Å². The van der Waals surface area contributed by atoms with E-state index in [4.69, 9.17) is 0 Å². The van der Waals surface area contributed by atoms with Crippen LogP contribution in [0, 0.1) is 23.0 Å². The number of piperidine rings is 1. The lowest BCUT2D eigenvalue weighted by atomic mass is 9.76. The molecule has 0 bridgehead atoms. The van der Waals surface area contributed by atoms with E-state index in [-0.39, 0.29) is 6.04 Å². The second-order valence-electron chi connectivity index (χ2n) is 4.27. The van der Waals surface area contributed by atoms with E-state index in [9.17, 15) is 5.21 Å². The number of nitrogens with zero attached hydrogens (tertiary/aromatic N) is 1. The Balaban J connectivity index is 2.65. The van der Waals surface area contributed by atoms with Crippen LogP contribution in [0.5, 0.6) is 0 Å². The molecule has 0 N–H and O–H groups in total. The van der Waals surface area contributed by atoms with Gasteiger partial charge in [0, 0.05) is 6.04 Å². The Kier molecular flexibility index (Phi) is 3.13. The van der Waals surface area contributed by atoms with Gasteiger partial charge in [-0.3, -0.25) is 0 Å². The summed E-state index contributed by atoms with van der Waals surface area (Å²) in [6, 6.07) is 0.260. The summed E-state index contributed by atoms with van der Waals surface area (Å²) in [5, 5.41) is 12.8. The summed E-state index contributed by atoms with van der Waals surface area (Å²) in [7, 11) is 0. The third-order valence-corrected chi connectivity index (χ3v) is 3.59. The molecule has 1 aliphatic rings. The Morgan fingerprint density at radius 1 is 1.25 bits per heavy atom. The quantitative estimate of drug-likeness (QED) is 0.604. The monoisotopic (exact) mass is 170 g/mol. The minimum atomic E-state index is 0.260. The Hall–Kier alpha value is -0.0800. The van der Waals surface area contributed by atoms with Crippen molar-refractivity contribution in [1.29, 1.82) is 0 Å². The van der Waals surface area contributed by atoms with Gasteiger partial charge in [0.1, 0.15) is 0 Å². The SMILES string of the molecule is CCC1C(C)C(C)C(C)CN1[O-]. The molecule has 2 nitrogen and oxygen atoms in total. The maximum atomic E-state index is 11.5. The fourth-order valence-electron chi connectivity index (χ4n) is 2.29. The van der Waals surface area contributed by atoms with Crippen molar-refractivity contribution in [3.63, 3.8) is 0 Å². The number of hydroxylamine groups is 2. The fraction of sp³-hybridized carbons (Fsp3) is 1.00. The van der Waals surface area contributed by atoms with Crippen molar-refractivity contribution in [3.8, 4) is 0 Å².